The van der Waals surface area contributed by atoms with E-state index in [4.69, 9.17) is 4.18 Å². The van der Waals surface area contributed by atoms with Gasteiger partial charge in [0, 0.05) is 12.1 Å². The fraction of sp³-hybridized carbons (Fsp3) is 0.538. The summed E-state index contributed by atoms with van der Waals surface area (Å²) >= 11 is 0. The third-order valence-corrected chi connectivity index (χ3v) is 3.75. The molecule has 0 aliphatic rings. The van der Waals surface area contributed by atoms with E-state index in [2.05, 4.69) is 0 Å². The van der Waals surface area contributed by atoms with Gasteiger partial charge in [0.15, 0.2) is 0 Å². The third kappa shape index (κ3) is 4.08. The van der Waals surface area contributed by atoms with Gasteiger partial charge >= 0.3 is 0 Å². The molecule has 0 N–H and O–H groups in total. The maximum absolute atomic E-state index is 11.9. The van der Waals surface area contributed by atoms with Crippen LogP contribution in [0.2, 0.25) is 0 Å². The van der Waals surface area contributed by atoms with Gasteiger partial charge in [-0.2, -0.15) is 8.42 Å². The first-order chi connectivity index (χ1) is 8.13. The largest absolute Gasteiger partial charge is 0.298 e. The average molecular weight is 272 g/mol. The molecular formula is C13H22NO3S+. The molecule has 4 nitrogen and oxygen atoms in total. The summed E-state index contributed by atoms with van der Waals surface area (Å²) in [6.07, 6.45) is 0. The van der Waals surface area contributed by atoms with E-state index in [0.717, 1.165) is 5.69 Å². The van der Waals surface area contributed by atoms with E-state index in [1.165, 1.54) is 0 Å². The van der Waals surface area contributed by atoms with Crippen LogP contribution in [0.1, 0.15) is 13.8 Å². The molecule has 0 amide bonds. The minimum absolute atomic E-state index is 0.185. The smallest absolute Gasteiger partial charge is 0.296 e. The van der Waals surface area contributed by atoms with Crippen LogP contribution in [0.5, 0.6) is 0 Å². The van der Waals surface area contributed by atoms with E-state index >= 15 is 0 Å². The Labute approximate surface area is 110 Å². The molecular weight excluding hydrogens is 250 g/mol. The Morgan fingerprint density at radius 1 is 1.11 bits per heavy atom. The standard InChI is InChI=1S/C13H22NO3S/c1-11(2)10-17-18(15,16)13-8-6-12(7-9-13)14(3,4)5/h6-9,11H,10H2,1-5H3/q+1. The minimum Gasteiger partial charge on any atom is -0.298 e. The van der Waals surface area contributed by atoms with E-state index < -0.39 is 10.1 Å². The molecule has 18 heavy (non-hydrogen) atoms. The lowest BCUT2D eigenvalue weighted by Gasteiger charge is -2.23. The summed E-state index contributed by atoms with van der Waals surface area (Å²) in [6.45, 7) is 4.03. The maximum Gasteiger partial charge on any atom is 0.296 e. The quantitative estimate of drug-likeness (QED) is 0.610. The highest BCUT2D eigenvalue weighted by Gasteiger charge is 2.18. The summed E-state index contributed by atoms with van der Waals surface area (Å²) in [7, 11) is 2.46. The van der Waals surface area contributed by atoms with Crippen molar-refractivity contribution in [1.29, 1.82) is 0 Å². The first kappa shape index (κ1) is 15.1. The normalized spacial score (nSPS) is 13.0. The first-order valence-corrected chi connectivity index (χ1v) is 7.35. The lowest BCUT2D eigenvalue weighted by molar-refractivity contribution is 0.275. The molecule has 0 saturated heterocycles. The van der Waals surface area contributed by atoms with Crippen molar-refractivity contribution in [3.63, 3.8) is 0 Å². The molecule has 1 rings (SSSR count). The lowest BCUT2D eigenvalue weighted by Crippen LogP contribution is -2.34. The van der Waals surface area contributed by atoms with Gasteiger partial charge in [-0.05, 0) is 18.1 Å². The molecule has 0 spiro atoms. The Hall–Kier alpha value is -0.910. The van der Waals surface area contributed by atoms with Gasteiger partial charge in [-0.3, -0.25) is 8.67 Å². The van der Waals surface area contributed by atoms with E-state index in [9.17, 15) is 8.42 Å². The lowest BCUT2D eigenvalue weighted by atomic mass is 10.2. The molecule has 0 aliphatic heterocycles. The van der Waals surface area contributed by atoms with Gasteiger partial charge < -0.3 is 0 Å². The van der Waals surface area contributed by atoms with E-state index in [-0.39, 0.29) is 17.4 Å². The number of nitrogens with zero attached hydrogens (tertiary/aromatic N) is 1. The van der Waals surface area contributed by atoms with Gasteiger partial charge in [0.2, 0.25) is 0 Å². The molecule has 0 radical (unpaired) electrons. The monoisotopic (exact) mass is 272 g/mol. The Kier molecular flexibility index (Phi) is 4.53. The van der Waals surface area contributed by atoms with Crippen molar-refractivity contribution in [2.75, 3.05) is 27.7 Å². The molecule has 0 saturated carbocycles. The molecule has 0 bridgehead atoms. The van der Waals surface area contributed by atoms with Gasteiger partial charge in [-0.25, -0.2) is 0 Å². The second-order valence-corrected chi connectivity index (χ2v) is 7.25. The topological polar surface area (TPSA) is 43.4 Å². The highest BCUT2D eigenvalue weighted by Crippen LogP contribution is 2.21. The molecule has 0 aromatic heterocycles. The fourth-order valence-corrected chi connectivity index (χ4v) is 2.41. The molecule has 102 valence electrons. The summed E-state index contributed by atoms with van der Waals surface area (Å²) in [6, 6.07) is 6.81. The van der Waals surface area contributed by atoms with Crippen LogP contribution in [-0.2, 0) is 14.3 Å². The van der Waals surface area contributed by atoms with Gasteiger partial charge in [0.1, 0.15) is 5.69 Å². The van der Waals surface area contributed by atoms with E-state index in [1.54, 1.807) is 12.1 Å². The van der Waals surface area contributed by atoms with Crippen LogP contribution in [0.4, 0.5) is 5.69 Å². The van der Waals surface area contributed by atoms with Crippen LogP contribution in [0.3, 0.4) is 0 Å². The Morgan fingerprint density at radius 2 is 1.61 bits per heavy atom. The molecule has 0 atom stereocenters. The maximum atomic E-state index is 11.9. The summed E-state index contributed by atoms with van der Waals surface area (Å²) in [4.78, 5) is 0.209. The third-order valence-electron chi connectivity index (χ3n) is 2.46. The highest BCUT2D eigenvalue weighted by atomic mass is 32.2. The summed E-state index contributed by atoms with van der Waals surface area (Å²) in [5, 5.41) is 0. The van der Waals surface area contributed by atoms with Crippen molar-refractivity contribution >= 4 is 15.8 Å². The number of benzene rings is 1. The zero-order valence-electron chi connectivity index (χ0n) is 11.7. The van der Waals surface area contributed by atoms with E-state index in [1.807, 2.05) is 47.1 Å². The van der Waals surface area contributed by atoms with Crippen molar-refractivity contribution in [1.82, 2.24) is 4.48 Å². The number of quaternary nitrogens is 1. The summed E-state index contributed by atoms with van der Waals surface area (Å²) in [5.74, 6) is 0.185. The van der Waals surface area contributed by atoms with Crippen LogP contribution >= 0.6 is 0 Å². The molecule has 0 fully saturated rings. The van der Waals surface area contributed by atoms with Crippen LogP contribution in [-0.4, -0.2) is 36.2 Å². The predicted molar refractivity (Wildman–Crippen MR) is 74.0 cm³/mol. The fourth-order valence-electron chi connectivity index (χ4n) is 1.35. The molecule has 1 aromatic rings. The van der Waals surface area contributed by atoms with Crippen molar-refractivity contribution < 1.29 is 12.6 Å². The molecule has 5 heteroatoms. The summed E-state index contributed by atoms with van der Waals surface area (Å²) in [5.41, 5.74) is 1.04. The van der Waals surface area contributed by atoms with Gasteiger partial charge in [-0.15, -0.1) is 0 Å². The van der Waals surface area contributed by atoms with Crippen LogP contribution in [0.25, 0.3) is 0 Å². The Balaban J connectivity index is 2.91. The molecule has 0 unspecified atom stereocenters. The van der Waals surface area contributed by atoms with E-state index in [0.29, 0.717) is 4.48 Å². The van der Waals surface area contributed by atoms with Gasteiger partial charge in [0.05, 0.1) is 32.6 Å². The number of hydrogen-bond donors (Lipinski definition) is 0. The predicted octanol–water partition coefficient (Wildman–Crippen LogP) is 2.24. The van der Waals surface area contributed by atoms with Crippen molar-refractivity contribution in [2.24, 2.45) is 5.92 Å². The molecule has 0 heterocycles. The van der Waals surface area contributed by atoms with Crippen LogP contribution in [0.15, 0.2) is 29.2 Å². The highest BCUT2D eigenvalue weighted by molar-refractivity contribution is 7.86. The van der Waals surface area contributed by atoms with Crippen molar-refractivity contribution in [3.8, 4) is 0 Å². The van der Waals surface area contributed by atoms with Crippen molar-refractivity contribution in [2.45, 2.75) is 18.7 Å². The van der Waals surface area contributed by atoms with Crippen LogP contribution < -0.4 is 4.48 Å². The summed E-state index contributed by atoms with van der Waals surface area (Å²) < 4.78 is 29.4. The second-order valence-electron chi connectivity index (χ2n) is 5.64. The average Bonchev–Trinajstić information content (AvgIpc) is 2.26. The Morgan fingerprint density at radius 3 is 2.00 bits per heavy atom. The zero-order valence-corrected chi connectivity index (χ0v) is 12.5. The SMILES string of the molecule is CC(C)COS(=O)(=O)c1ccc([N+](C)(C)C)cc1. The number of rotatable bonds is 5. The number of hydrogen-bond acceptors (Lipinski definition) is 3. The minimum atomic E-state index is -3.62. The second kappa shape index (κ2) is 5.38. The zero-order chi connectivity index (χ0) is 14.0. The van der Waals surface area contributed by atoms with Gasteiger partial charge in [0.25, 0.3) is 10.1 Å². The Bertz CT molecular complexity index is 484. The molecule has 0 aliphatic carbocycles. The van der Waals surface area contributed by atoms with Crippen LogP contribution in [0, 0.1) is 5.92 Å². The molecule has 1 aromatic carbocycles. The first-order valence-electron chi connectivity index (χ1n) is 5.94. The van der Waals surface area contributed by atoms with Crippen molar-refractivity contribution in [3.05, 3.63) is 24.3 Å². The van der Waals surface area contributed by atoms with Gasteiger partial charge in [-0.1, -0.05) is 13.8 Å².